The normalized spacial score (nSPS) is 7.27. The quantitative estimate of drug-likeness (QED) is 0.424. The van der Waals surface area contributed by atoms with Gasteiger partial charge < -0.3 is 10.8 Å². The van der Waals surface area contributed by atoms with Crippen LogP contribution in [0, 0.1) is 11.3 Å². The van der Waals surface area contributed by atoms with Gasteiger partial charge in [0.25, 0.3) is 0 Å². The molecule has 0 atom stereocenters. The van der Waals surface area contributed by atoms with Gasteiger partial charge in [0, 0.05) is 5.69 Å². The molecule has 0 amide bonds. The summed E-state index contributed by atoms with van der Waals surface area (Å²) in [6.07, 6.45) is 0. The van der Waals surface area contributed by atoms with E-state index in [2.05, 4.69) is 0 Å². The summed E-state index contributed by atoms with van der Waals surface area (Å²) >= 11 is 0. The molecule has 1 aromatic rings. The minimum absolute atomic E-state index is 0.375. The van der Waals surface area contributed by atoms with E-state index < -0.39 is 0 Å². The van der Waals surface area contributed by atoms with Gasteiger partial charge in [0.1, 0.15) is 6.61 Å². The fraction of sp³-hybridized carbons (Fsp3) is 0.125. The molecule has 3 nitrogen and oxygen atoms in total. The molecule has 0 saturated heterocycles. The summed E-state index contributed by atoms with van der Waals surface area (Å²) in [5.74, 6) is 0. The summed E-state index contributed by atoms with van der Waals surface area (Å²) in [7, 11) is 0. The van der Waals surface area contributed by atoms with Crippen molar-refractivity contribution >= 4 is 5.69 Å². The Morgan fingerprint density at radius 3 is 2.00 bits per heavy atom. The van der Waals surface area contributed by atoms with Gasteiger partial charge in [-0.15, -0.1) is 0 Å². The van der Waals surface area contributed by atoms with Crippen LogP contribution in [0.3, 0.4) is 0 Å². The Morgan fingerprint density at radius 2 is 1.82 bits per heavy atom. The number of nitrogens with two attached hydrogens (primary N) is 1. The molecule has 1 aromatic carbocycles. The topological polar surface area (TPSA) is 70.0 Å². The highest BCUT2D eigenvalue weighted by Crippen LogP contribution is 1.95. The van der Waals surface area contributed by atoms with E-state index in [1.54, 1.807) is 0 Å². The third kappa shape index (κ3) is 6.35. The van der Waals surface area contributed by atoms with Crippen LogP contribution < -0.4 is 5.73 Å². The molecule has 0 aliphatic rings. The van der Waals surface area contributed by atoms with E-state index in [4.69, 9.17) is 16.1 Å². The fourth-order valence-corrected chi connectivity index (χ4v) is 0.453. The fourth-order valence-electron chi connectivity index (χ4n) is 0.453. The zero-order chi connectivity index (χ0) is 8.53. The molecule has 3 N–H and O–H groups in total. The maximum Gasteiger partial charge on any atom is 0.130 e. The van der Waals surface area contributed by atoms with Crippen molar-refractivity contribution in [2.45, 2.75) is 0 Å². The molecule has 0 bridgehead atoms. The first kappa shape index (κ1) is 9.47. The predicted molar refractivity (Wildman–Crippen MR) is 43.6 cm³/mol. The Labute approximate surface area is 65.7 Å². The first-order valence-corrected chi connectivity index (χ1v) is 3.09. The first-order chi connectivity index (χ1) is 5.31. The minimum Gasteiger partial charge on any atom is -0.399 e. The van der Waals surface area contributed by atoms with Crippen molar-refractivity contribution in [1.82, 2.24) is 0 Å². The highest BCUT2D eigenvalue weighted by atomic mass is 16.2. The van der Waals surface area contributed by atoms with Gasteiger partial charge in [-0.1, -0.05) is 18.2 Å². The summed E-state index contributed by atoms with van der Waals surface area (Å²) < 4.78 is 0. The molecule has 1 rings (SSSR count). The van der Waals surface area contributed by atoms with Crippen molar-refractivity contribution in [3.63, 3.8) is 0 Å². The number of aliphatic hydroxyl groups excluding tert-OH is 1. The molecule has 11 heavy (non-hydrogen) atoms. The summed E-state index contributed by atoms with van der Waals surface area (Å²) in [5.41, 5.74) is 6.18. The molecule has 0 aliphatic carbocycles. The van der Waals surface area contributed by atoms with Crippen LogP contribution in [0.1, 0.15) is 0 Å². The average molecular weight is 150 g/mol. The molecule has 3 heteroatoms. The number of nitrogen functional groups attached to an aromatic ring is 1. The highest BCUT2D eigenvalue weighted by Gasteiger charge is 1.72. The number of para-hydroxylation sites is 1. The van der Waals surface area contributed by atoms with E-state index >= 15 is 0 Å². The molecule has 0 spiro atoms. The van der Waals surface area contributed by atoms with Crippen LogP contribution in [0.15, 0.2) is 30.3 Å². The van der Waals surface area contributed by atoms with Crippen LogP contribution in [0.25, 0.3) is 0 Å². The largest absolute Gasteiger partial charge is 0.399 e. The second kappa shape index (κ2) is 6.59. The molecule has 0 aromatic heterocycles. The van der Waals surface area contributed by atoms with Crippen LogP contribution in [0.4, 0.5) is 5.69 Å². The lowest BCUT2D eigenvalue weighted by Crippen LogP contribution is -1.79. The summed E-state index contributed by atoms with van der Waals surface area (Å²) in [4.78, 5) is 0. The second-order valence-corrected chi connectivity index (χ2v) is 1.73. The number of anilines is 1. The van der Waals surface area contributed by atoms with Gasteiger partial charge in [0.15, 0.2) is 0 Å². The summed E-state index contributed by atoms with van der Waals surface area (Å²) in [6, 6.07) is 11.0. The van der Waals surface area contributed by atoms with Crippen LogP contribution in [0.5, 0.6) is 0 Å². The van der Waals surface area contributed by atoms with Crippen LogP contribution in [0.2, 0.25) is 0 Å². The molecule has 58 valence electrons. The second-order valence-electron chi connectivity index (χ2n) is 1.73. The van der Waals surface area contributed by atoms with Crippen molar-refractivity contribution < 1.29 is 5.11 Å². The van der Waals surface area contributed by atoms with Crippen molar-refractivity contribution in [2.75, 3.05) is 12.3 Å². The number of hydrogen-bond donors (Lipinski definition) is 2. The number of rotatable bonds is 0. The van der Waals surface area contributed by atoms with Gasteiger partial charge in [-0.25, -0.2) is 0 Å². The first-order valence-electron chi connectivity index (χ1n) is 3.09. The Kier molecular flexibility index (Phi) is 5.67. The maximum atomic E-state index is 7.51. The molecule has 0 fully saturated rings. The monoisotopic (exact) mass is 150 g/mol. The van der Waals surface area contributed by atoms with Gasteiger partial charge in [-0.2, -0.15) is 5.26 Å². The van der Waals surface area contributed by atoms with Gasteiger partial charge >= 0.3 is 0 Å². The van der Waals surface area contributed by atoms with E-state index in [0.717, 1.165) is 5.69 Å². The van der Waals surface area contributed by atoms with E-state index in [1.807, 2.05) is 30.3 Å². The van der Waals surface area contributed by atoms with E-state index in [-0.39, 0.29) is 6.61 Å². The van der Waals surface area contributed by atoms with Crippen molar-refractivity contribution in [1.29, 1.82) is 5.26 Å². The van der Waals surface area contributed by atoms with Gasteiger partial charge in [0.05, 0.1) is 6.07 Å². The third-order valence-corrected chi connectivity index (χ3v) is 0.870. The Morgan fingerprint density at radius 1 is 1.36 bits per heavy atom. The molecular weight excluding hydrogens is 140 g/mol. The van der Waals surface area contributed by atoms with Crippen molar-refractivity contribution in [2.24, 2.45) is 0 Å². The highest BCUT2D eigenvalue weighted by molar-refractivity contribution is 5.35. The average Bonchev–Trinajstić information content (AvgIpc) is 2.07. The molecule has 0 heterocycles. The van der Waals surface area contributed by atoms with Crippen LogP contribution >= 0.6 is 0 Å². The maximum absolute atomic E-state index is 7.51. The molecule has 0 unspecified atom stereocenters. The zero-order valence-electron chi connectivity index (χ0n) is 6.07. The lowest BCUT2D eigenvalue weighted by Gasteiger charge is -1.83. The van der Waals surface area contributed by atoms with Gasteiger partial charge in [0.2, 0.25) is 0 Å². The SMILES string of the molecule is N#CCO.Nc1ccccc1. The smallest absolute Gasteiger partial charge is 0.130 e. The van der Waals surface area contributed by atoms with Gasteiger partial charge in [-0.05, 0) is 12.1 Å². The number of nitriles is 1. The Bertz CT molecular complexity index is 215. The minimum atomic E-state index is -0.375. The van der Waals surface area contributed by atoms with E-state index in [0.29, 0.717) is 0 Å². The van der Waals surface area contributed by atoms with Crippen molar-refractivity contribution in [3.05, 3.63) is 30.3 Å². The summed E-state index contributed by atoms with van der Waals surface area (Å²) in [5, 5.41) is 14.9. The number of aliphatic hydroxyl groups is 1. The lowest BCUT2D eigenvalue weighted by molar-refractivity contribution is 0.348. The number of benzene rings is 1. The van der Waals surface area contributed by atoms with E-state index in [1.165, 1.54) is 6.07 Å². The van der Waals surface area contributed by atoms with Crippen molar-refractivity contribution in [3.8, 4) is 6.07 Å². The molecule has 0 saturated carbocycles. The zero-order valence-corrected chi connectivity index (χ0v) is 6.07. The number of hydrogen-bond acceptors (Lipinski definition) is 3. The lowest BCUT2D eigenvalue weighted by atomic mass is 10.3. The molecule has 0 radical (unpaired) electrons. The van der Waals surface area contributed by atoms with Crippen LogP contribution in [-0.4, -0.2) is 11.7 Å². The Hall–Kier alpha value is -1.53. The van der Waals surface area contributed by atoms with Crippen LogP contribution in [-0.2, 0) is 0 Å². The third-order valence-electron chi connectivity index (χ3n) is 0.870. The summed E-state index contributed by atoms with van der Waals surface area (Å²) in [6.45, 7) is -0.375. The van der Waals surface area contributed by atoms with E-state index in [9.17, 15) is 0 Å². The molecular formula is C8H10N2O. The number of nitrogens with zero attached hydrogens (tertiary/aromatic N) is 1. The standard InChI is InChI=1S/C6H7N.C2H3NO/c7-6-4-2-1-3-5-6;3-1-2-4/h1-5H,7H2;4H,2H2. The Balaban J connectivity index is 0.000000218. The molecule has 0 aliphatic heterocycles. The van der Waals surface area contributed by atoms with Gasteiger partial charge in [-0.3, -0.25) is 0 Å². The predicted octanol–water partition coefficient (Wildman–Crippen LogP) is 0.771.